The zero-order valence-corrected chi connectivity index (χ0v) is 15.2. The van der Waals surface area contributed by atoms with Gasteiger partial charge >= 0.3 is 0 Å². The van der Waals surface area contributed by atoms with Crippen molar-refractivity contribution in [1.29, 1.82) is 0 Å². The van der Waals surface area contributed by atoms with Crippen LogP contribution in [0.5, 0.6) is 5.75 Å². The van der Waals surface area contributed by atoms with Crippen LogP contribution < -0.4 is 4.74 Å². The molecule has 0 spiro atoms. The molecule has 3 rings (SSSR count). The largest absolute Gasteiger partial charge is 0.483 e. The molecule has 0 aliphatic rings. The van der Waals surface area contributed by atoms with Crippen molar-refractivity contribution in [3.05, 3.63) is 41.2 Å². The lowest BCUT2D eigenvalue weighted by atomic mass is 10.3. The lowest BCUT2D eigenvalue weighted by Gasteiger charge is -2.16. The van der Waals surface area contributed by atoms with E-state index in [2.05, 4.69) is 35.9 Å². The van der Waals surface area contributed by atoms with Crippen LogP contribution in [-0.2, 0) is 6.54 Å². The molecule has 0 saturated carbocycles. The standard InChI is InChI=1S/C17H23N5OS/c1-4-14(23-13-10-8-7-9-11-13)16-20-22-15(12-21(5-2)6-3)18-19-17(22)24-16/h7-11,14H,4-6,12H2,1-3H3. The molecule has 24 heavy (non-hydrogen) atoms. The molecule has 7 heteroatoms. The minimum atomic E-state index is -0.0691. The number of hydrogen-bond donors (Lipinski definition) is 0. The summed E-state index contributed by atoms with van der Waals surface area (Å²) in [5.41, 5.74) is 0. The molecule has 2 heterocycles. The number of para-hydroxylation sites is 1. The fourth-order valence-corrected chi connectivity index (χ4v) is 3.49. The highest BCUT2D eigenvalue weighted by atomic mass is 32.1. The van der Waals surface area contributed by atoms with Crippen molar-refractivity contribution in [3.63, 3.8) is 0 Å². The van der Waals surface area contributed by atoms with Gasteiger partial charge in [0.25, 0.3) is 0 Å². The van der Waals surface area contributed by atoms with E-state index in [1.807, 2.05) is 34.8 Å². The van der Waals surface area contributed by atoms with Crippen LogP contribution in [0.15, 0.2) is 30.3 Å². The highest BCUT2D eigenvalue weighted by Gasteiger charge is 2.20. The fourth-order valence-electron chi connectivity index (χ4n) is 2.52. The Balaban J connectivity index is 1.82. The summed E-state index contributed by atoms with van der Waals surface area (Å²) in [7, 11) is 0. The maximum Gasteiger partial charge on any atom is 0.234 e. The van der Waals surface area contributed by atoms with Crippen LogP contribution >= 0.6 is 11.3 Å². The lowest BCUT2D eigenvalue weighted by molar-refractivity contribution is 0.199. The summed E-state index contributed by atoms with van der Waals surface area (Å²) >= 11 is 1.55. The second-order valence-electron chi connectivity index (χ2n) is 5.54. The predicted molar refractivity (Wildman–Crippen MR) is 95.4 cm³/mol. The fraction of sp³-hybridized carbons (Fsp3) is 0.471. The summed E-state index contributed by atoms with van der Waals surface area (Å²) < 4.78 is 7.94. The molecule has 128 valence electrons. The van der Waals surface area contributed by atoms with Gasteiger partial charge in [-0.3, -0.25) is 4.90 Å². The maximum absolute atomic E-state index is 6.09. The van der Waals surface area contributed by atoms with Gasteiger partial charge in [-0.1, -0.05) is 50.3 Å². The molecule has 0 radical (unpaired) electrons. The monoisotopic (exact) mass is 345 g/mol. The molecule has 0 N–H and O–H groups in total. The normalized spacial score (nSPS) is 12.8. The van der Waals surface area contributed by atoms with Gasteiger partial charge in [-0.05, 0) is 31.6 Å². The molecule has 6 nitrogen and oxygen atoms in total. The zero-order valence-electron chi connectivity index (χ0n) is 14.3. The molecular weight excluding hydrogens is 322 g/mol. The molecule has 3 aromatic rings. The van der Waals surface area contributed by atoms with Crippen molar-refractivity contribution in [3.8, 4) is 5.75 Å². The predicted octanol–water partition coefficient (Wildman–Crippen LogP) is 3.56. The Labute approximate surface area is 146 Å². The van der Waals surface area contributed by atoms with Crippen molar-refractivity contribution in [1.82, 2.24) is 24.7 Å². The second-order valence-corrected chi connectivity index (χ2v) is 6.53. The van der Waals surface area contributed by atoms with E-state index in [-0.39, 0.29) is 6.10 Å². The topological polar surface area (TPSA) is 55.6 Å². The Bertz CT molecular complexity index is 766. The van der Waals surface area contributed by atoms with Gasteiger partial charge in [-0.15, -0.1) is 10.2 Å². The number of hydrogen-bond acceptors (Lipinski definition) is 6. The Morgan fingerprint density at radius 3 is 2.54 bits per heavy atom. The van der Waals surface area contributed by atoms with E-state index in [0.717, 1.165) is 47.6 Å². The molecule has 0 amide bonds. The van der Waals surface area contributed by atoms with Crippen LogP contribution in [0.2, 0.25) is 0 Å². The van der Waals surface area contributed by atoms with Crippen LogP contribution in [0.4, 0.5) is 0 Å². The number of nitrogens with zero attached hydrogens (tertiary/aromatic N) is 5. The third-order valence-corrected chi connectivity index (χ3v) is 4.99. The van der Waals surface area contributed by atoms with E-state index in [0.29, 0.717) is 0 Å². The molecule has 1 atom stereocenters. The minimum Gasteiger partial charge on any atom is -0.483 e. The van der Waals surface area contributed by atoms with Gasteiger partial charge in [0, 0.05) is 0 Å². The first kappa shape index (κ1) is 16.9. The van der Waals surface area contributed by atoms with Gasteiger partial charge in [0.2, 0.25) is 4.96 Å². The van der Waals surface area contributed by atoms with Gasteiger partial charge in [0.1, 0.15) is 5.75 Å². The average molecular weight is 345 g/mol. The molecule has 1 aromatic carbocycles. The van der Waals surface area contributed by atoms with Gasteiger partial charge in [-0.25, -0.2) is 0 Å². The molecule has 0 bridgehead atoms. The summed E-state index contributed by atoms with van der Waals surface area (Å²) in [6.07, 6.45) is 0.782. The quantitative estimate of drug-likeness (QED) is 0.625. The average Bonchev–Trinajstić information content (AvgIpc) is 3.19. The molecule has 0 aliphatic heterocycles. The van der Waals surface area contributed by atoms with Crippen LogP contribution in [0.25, 0.3) is 4.96 Å². The molecule has 0 saturated heterocycles. The van der Waals surface area contributed by atoms with Crippen molar-refractivity contribution < 1.29 is 4.74 Å². The number of rotatable bonds is 8. The van der Waals surface area contributed by atoms with Gasteiger partial charge in [-0.2, -0.15) is 9.61 Å². The molecule has 1 unspecified atom stereocenters. The van der Waals surface area contributed by atoms with Crippen LogP contribution in [0.1, 0.15) is 44.1 Å². The Morgan fingerprint density at radius 1 is 1.12 bits per heavy atom. The Hall–Kier alpha value is -1.99. The third-order valence-electron chi connectivity index (χ3n) is 4.00. The molecular formula is C17H23N5OS. The Morgan fingerprint density at radius 2 is 1.88 bits per heavy atom. The SMILES string of the molecule is CCC(Oc1ccccc1)c1nn2c(CN(CC)CC)nnc2s1. The van der Waals surface area contributed by atoms with E-state index < -0.39 is 0 Å². The van der Waals surface area contributed by atoms with Crippen LogP contribution in [-0.4, -0.2) is 37.8 Å². The van der Waals surface area contributed by atoms with E-state index in [9.17, 15) is 0 Å². The maximum atomic E-state index is 6.09. The number of ether oxygens (including phenoxy) is 1. The van der Waals surface area contributed by atoms with Gasteiger partial charge in [0.15, 0.2) is 16.9 Å². The van der Waals surface area contributed by atoms with E-state index >= 15 is 0 Å². The van der Waals surface area contributed by atoms with Crippen molar-refractivity contribution in [2.45, 2.75) is 39.8 Å². The summed E-state index contributed by atoms with van der Waals surface area (Å²) in [4.78, 5) is 3.12. The minimum absolute atomic E-state index is 0.0691. The Kier molecular flexibility index (Phi) is 5.42. The van der Waals surface area contributed by atoms with E-state index in [1.54, 1.807) is 11.3 Å². The van der Waals surface area contributed by atoms with Crippen molar-refractivity contribution >= 4 is 16.3 Å². The van der Waals surface area contributed by atoms with Gasteiger partial charge < -0.3 is 4.74 Å². The van der Waals surface area contributed by atoms with E-state index in [1.165, 1.54) is 0 Å². The lowest BCUT2D eigenvalue weighted by Crippen LogP contribution is -2.23. The summed E-state index contributed by atoms with van der Waals surface area (Å²) in [5, 5.41) is 14.2. The zero-order chi connectivity index (χ0) is 16.9. The number of aromatic nitrogens is 4. The van der Waals surface area contributed by atoms with Crippen molar-refractivity contribution in [2.24, 2.45) is 0 Å². The van der Waals surface area contributed by atoms with Crippen molar-refractivity contribution in [2.75, 3.05) is 13.1 Å². The second kappa shape index (κ2) is 7.72. The third kappa shape index (κ3) is 3.57. The first-order valence-corrected chi connectivity index (χ1v) is 9.21. The van der Waals surface area contributed by atoms with Crippen LogP contribution in [0, 0.1) is 0 Å². The first-order chi connectivity index (χ1) is 11.7. The van der Waals surface area contributed by atoms with E-state index in [4.69, 9.17) is 9.84 Å². The highest BCUT2D eigenvalue weighted by molar-refractivity contribution is 7.16. The smallest absolute Gasteiger partial charge is 0.234 e. The van der Waals surface area contributed by atoms with Gasteiger partial charge in [0.05, 0.1) is 6.54 Å². The summed E-state index contributed by atoms with van der Waals surface area (Å²) in [6.45, 7) is 9.12. The summed E-state index contributed by atoms with van der Waals surface area (Å²) in [6, 6.07) is 9.87. The molecule has 0 aliphatic carbocycles. The number of benzene rings is 1. The number of fused-ring (bicyclic) bond motifs is 1. The molecule has 2 aromatic heterocycles. The highest BCUT2D eigenvalue weighted by Crippen LogP contribution is 2.28. The molecule has 0 fully saturated rings. The summed E-state index contributed by atoms with van der Waals surface area (Å²) in [5.74, 6) is 1.74. The van der Waals surface area contributed by atoms with Crippen LogP contribution in [0.3, 0.4) is 0 Å². The first-order valence-electron chi connectivity index (χ1n) is 8.40.